The average Bonchev–Trinajstić information content (AvgIpc) is 2.51. The highest BCUT2D eigenvalue weighted by molar-refractivity contribution is 9.10. The van der Waals surface area contributed by atoms with Crippen molar-refractivity contribution in [2.24, 2.45) is 0 Å². The van der Waals surface area contributed by atoms with Crippen LogP contribution in [0.25, 0.3) is 10.8 Å². The number of carbonyl (C=O) groups is 1. The molecule has 0 spiro atoms. The Kier molecular flexibility index (Phi) is 4.06. The highest BCUT2D eigenvalue weighted by atomic mass is 79.9. The van der Waals surface area contributed by atoms with Crippen molar-refractivity contribution in [2.75, 3.05) is 5.32 Å². The van der Waals surface area contributed by atoms with Crippen LogP contribution in [0.2, 0.25) is 0 Å². The van der Waals surface area contributed by atoms with E-state index in [9.17, 15) is 9.59 Å². The molecule has 4 nitrogen and oxygen atoms in total. The molecule has 2 aromatic carbocycles. The lowest BCUT2D eigenvalue weighted by Crippen LogP contribution is -2.26. The first kappa shape index (κ1) is 14.5. The molecule has 0 saturated carbocycles. The molecule has 3 aromatic rings. The minimum absolute atomic E-state index is 0.0227. The highest BCUT2D eigenvalue weighted by Crippen LogP contribution is 2.18. The van der Waals surface area contributed by atoms with Crippen molar-refractivity contribution in [3.63, 3.8) is 0 Å². The summed E-state index contributed by atoms with van der Waals surface area (Å²) in [4.78, 5) is 23.8. The fraction of sp³-hybridized carbons (Fsp3) is 0.0588. The van der Waals surface area contributed by atoms with Crippen LogP contribution in [-0.4, -0.2) is 10.5 Å². The monoisotopic (exact) mass is 356 g/mol. The number of fused-ring (bicyclic) bond motifs is 1. The smallest absolute Gasteiger partial charge is 0.251 e. The predicted octanol–water partition coefficient (Wildman–Crippen LogP) is 3.40. The SMILES string of the molecule is O=C(Cn1cc(Br)ccc1=O)Nc1ccc2ccccc2c1. The molecule has 0 aliphatic rings. The molecule has 3 rings (SSSR count). The number of hydrogen-bond donors (Lipinski definition) is 1. The predicted molar refractivity (Wildman–Crippen MR) is 91.0 cm³/mol. The maximum absolute atomic E-state index is 12.1. The average molecular weight is 357 g/mol. The zero-order valence-electron chi connectivity index (χ0n) is 11.6. The van der Waals surface area contributed by atoms with Crippen LogP contribution in [0, 0.1) is 0 Å². The van der Waals surface area contributed by atoms with Crippen LogP contribution in [0.5, 0.6) is 0 Å². The van der Waals surface area contributed by atoms with Gasteiger partial charge in [0.05, 0.1) is 0 Å². The molecule has 0 fully saturated rings. The Bertz CT molecular complexity index is 902. The molecule has 0 atom stereocenters. The normalized spacial score (nSPS) is 10.6. The number of pyridine rings is 1. The van der Waals surface area contributed by atoms with Crippen molar-refractivity contribution in [3.05, 3.63) is 75.6 Å². The minimum Gasteiger partial charge on any atom is -0.325 e. The van der Waals surface area contributed by atoms with Gasteiger partial charge in [-0.25, -0.2) is 0 Å². The number of benzene rings is 2. The molecule has 22 heavy (non-hydrogen) atoms. The van der Waals surface area contributed by atoms with Gasteiger partial charge in [-0.05, 0) is 44.9 Å². The van der Waals surface area contributed by atoms with Gasteiger partial charge >= 0.3 is 0 Å². The van der Waals surface area contributed by atoms with E-state index in [1.54, 1.807) is 12.3 Å². The van der Waals surface area contributed by atoms with E-state index in [0.29, 0.717) is 5.69 Å². The maximum atomic E-state index is 12.1. The first-order valence-corrected chi connectivity index (χ1v) is 7.56. The third-order valence-corrected chi connectivity index (χ3v) is 3.76. The van der Waals surface area contributed by atoms with Crippen LogP contribution in [0.1, 0.15) is 0 Å². The minimum atomic E-state index is -0.240. The summed E-state index contributed by atoms with van der Waals surface area (Å²) in [7, 11) is 0. The summed E-state index contributed by atoms with van der Waals surface area (Å²) < 4.78 is 2.12. The Morgan fingerprint density at radius 3 is 2.64 bits per heavy atom. The van der Waals surface area contributed by atoms with Crippen molar-refractivity contribution in [1.29, 1.82) is 0 Å². The molecule has 1 N–H and O–H groups in total. The molecule has 0 radical (unpaired) electrons. The summed E-state index contributed by atoms with van der Waals surface area (Å²) in [5.74, 6) is -0.240. The van der Waals surface area contributed by atoms with Gasteiger partial charge in [0, 0.05) is 22.4 Å². The van der Waals surface area contributed by atoms with Gasteiger partial charge in [0.25, 0.3) is 5.56 Å². The lowest BCUT2D eigenvalue weighted by atomic mass is 10.1. The number of aromatic nitrogens is 1. The van der Waals surface area contributed by atoms with Gasteiger partial charge in [-0.15, -0.1) is 0 Å². The number of carbonyl (C=O) groups excluding carboxylic acids is 1. The molecule has 5 heteroatoms. The third kappa shape index (κ3) is 3.26. The van der Waals surface area contributed by atoms with E-state index in [1.807, 2.05) is 42.5 Å². The fourth-order valence-electron chi connectivity index (χ4n) is 2.25. The first-order valence-electron chi connectivity index (χ1n) is 6.76. The van der Waals surface area contributed by atoms with Gasteiger partial charge in [0.2, 0.25) is 5.91 Å². The third-order valence-electron chi connectivity index (χ3n) is 3.29. The number of anilines is 1. The van der Waals surface area contributed by atoms with Crippen molar-refractivity contribution in [1.82, 2.24) is 4.57 Å². The van der Waals surface area contributed by atoms with E-state index < -0.39 is 0 Å². The molecule has 1 aromatic heterocycles. The summed E-state index contributed by atoms with van der Waals surface area (Å²) in [5.41, 5.74) is 0.503. The van der Waals surface area contributed by atoms with Crippen molar-refractivity contribution >= 4 is 38.3 Å². The van der Waals surface area contributed by atoms with Crippen LogP contribution in [0.15, 0.2) is 70.1 Å². The topological polar surface area (TPSA) is 51.1 Å². The first-order chi connectivity index (χ1) is 10.6. The molecule has 0 aliphatic heterocycles. The molecule has 0 bridgehead atoms. The number of nitrogens with zero attached hydrogens (tertiary/aromatic N) is 1. The summed E-state index contributed by atoms with van der Waals surface area (Å²) in [6.45, 7) is -0.0227. The molecule has 0 unspecified atom stereocenters. The lowest BCUT2D eigenvalue weighted by molar-refractivity contribution is -0.116. The zero-order chi connectivity index (χ0) is 15.5. The largest absolute Gasteiger partial charge is 0.325 e. The molecular formula is C17H13BrN2O2. The van der Waals surface area contributed by atoms with Gasteiger partial charge in [0.1, 0.15) is 6.54 Å². The van der Waals surface area contributed by atoms with E-state index in [-0.39, 0.29) is 18.0 Å². The number of hydrogen-bond acceptors (Lipinski definition) is 2. The summed E-state index contributed by atoms with van der Waals surface area (Å²) in [6, 6.07) is 16.7. The van der Waals surface area contributed by atoms with E-state index in [1.165, 1.54) is 10.6 Å². The number of halogens is 1. The maximum Gasteiger partial charge on any atom is 0.251 e. The Morgan fingerprint density at radius 1 is 1.05 bits per heavy atom. The molecular weight excluding hydrogens is 344 g/mol. The summed E-state index contributed by atoms with van der Waals surface area (Å²) in [5, 5.41) is 4.99. The van der Waals surface area contributed by atoms with Gasteiger partial charge in [0.15, 0.2) is 0 Å². The summed E-state index contributed by atoms with van der Waals surface area (Å²) in [6.07, 6.45) is 1.60. The zero-order valence-corrected chi connectivity index (χ0v) is 13.2. The number of amides is 1. The van der Waals surface area contributed by atoms with Crippen LogP contribution in [0.4, 0.5) is 5.69 Å². The lowest BCUT2D eigenvalue weighted by Gasteiger charge is -2.08. The van der Waals surface area contributed by atoms with E-state index in [0.717, 1.165) is 15.2 Å². The fourth-order valence-corrected chi connectivity index (χ4v) is 2.63. The van der Waals surface area contributed by atoms with Gasteiger partial charge < -0.3 is 9.88 Å². The standard InChI is InChI=1S/C17H13BrN2O2/c18-14-6-8-17(22)20(10-14)11-16(21)19-15-7-5-12-3-1-2-4-13(12)9-15/h1-10H,11H2,(H,19,21). The van der Waals surface area contributed by atoms with E-state index in [4.69, 9.17) is 0 Å². The quantitative estimate of drug-likeness (QED) is 0.781. The van der Waals surface area contributed by atoms with E-state index >= 15 is 0 Å². The van der Waals surface area contributed by atoms with Crippen LogP contribution < -0.4 is 10.9 Å². The van der Waals surface area contributed by atoms with Crippen LogP contribution in [-0.2, 0) is 11.3 Å². The molecule has 0 aliphatic carbocycles. The summed E-state index contributed by atoms with van der Waals surface area (Å²) >= 11 is 3.29. The Balaban J connectivity index is 1.78. The Hall–Kier alpha value is -2.40. The van der Waals surface area contributed by atoms with Crippen LogP contribution in [0.3, 0.4) is 0 Å². The van der Waals surface area contributed by atoms with Gasteiger partial charge in [-0.2, -0.15) is 0 Å². The highest BCUT2D eigenvalue weighted by Gasteiger charge is 2.06. The van der Waals surface area contributed by atoms with E-state index in [2.05, 4.69) is 21.2 Å². The molecule has 110 valence electrons. The van der Waals surface area contributed by atoms with Gasteiger partial charge in [-0.3, -0.25) is 9.59 Å². The van der Waals surface area contributed by atoms with Crippen molar-refractivity contribution < 1.29 is 4.79 Å². The molecule has 1 heterocycles. The number of rotatable bonds is 3. The van der Waals surface area contributed by atoms with Crippen LogP contribution >= 0.6 is 15.9 Å². The second-order valence-electron chi connectivity index (χ2n) is 4.92. The van der Waals surface area contributed by atoms with Gasteiger partial charge in [-0.1, -0.05) is 30.3 Å². The van der Waals surface area contributed by atoms with Crippen molar-refractivity contribution in [2.45, 2.75) is 6.54 Å². The molecule has 1 amide bonds. The Morgan fingerprint density at radius 2 is 1.82 bits per heavy atom. The second kappa shape index (κ2) is 6.15. The number of nitrogens with one attached hydrogen (secondary N) is 1. The molecule has 0 saturated heterocycles. The van der Waals surface area contributed by atoms with Crippen molar-refractivity contribution in [3.8, 4) is 0 Å². The second-order valence-corrected chi connectivity index (χ2v) is 5.84. The Labute approximate surface area is 135 Å².